The Morgan fingerprint density at radius 2 is 2.12 bits per heavy atom. The van der Waals surface area contributed by atoms with Gasteiger partial charge in [-0.3, -0.25) is 4.99 Å². The van der Waals surface area contributed by atoms with E-state index in [1.807, 2.05) is 12.3 Å². The van der Waals surface area contributed by atoms with E-state index in [0.29, 0.717) is 11.8 Å². The molecule has 0 amide bonds. The normalized spacial score (nSPS) is 27.2. The molecule has 0 saturated carbocycles. The van der Waals surface area contributed by atoms with Gasteiger partial charge in [0.05, 0.1) is 5.54 Å². The van der Waals surface area contributed by atoms with Crippen molar-refractivity contribution in [2.45, 2.75) is 38.6 Å². The first kappa shape index (κ1) is 13.4. The molecule has 16 heavy (non-hydrogen) atoms. The average Bonchev–Trinajstić information content (AvgIpc) is 2.74. The summed E-state index contributed by atoms with van der Waals surface area (Å²) in [6, 6.07) is 0. The Labute approximate surface area is 98.5 Å². The van der Waals surface area contributed by atoms with Crippen LogP contribution in [0.1, 0.15) is 33.1 Å². The number of nitrogens with two attached hydrogens (primary N) is 1. The molecular weight excluding hydrogens is 200 g/mol. The highest BCUT2D eigenvalue weighted by molar-refractivity contribution is 5.75. The Bertz CT molecular complexity index is 249. The Morgan fingerprint density at radius 1 is 1.38 bits per heavy atom. The van der Waals surface area contributed by atoms with Gasteiger partial charge < -0.3 is 10.8 Å². The van der Waals surface area contributed by atoms with Crippen LogP contribution in [0.4, 0.5) is 0 Å². The molecule has 0 aromatic carbocycles. The smallest absolute Gasteiger partial charge is 0.0794 e. The van der Waals surface area contributed by atoms with E-state index in [1.54, 1.807) is 0 Å². The zero-order valence-corrected chi connectivity index (χ0v) is 10.4. The third-order valence-electron chi connectivity index (χ3n) is 3.31. The molecule has 1 heterocycles. The lowest BCUT2D eigenvalue weighted by molar-refractivity contribution is 0.208. The van der Waals surface area contributed by atoms with E-state index in [0.717, 1.165) is 25.8 Å². The van der Waals surface area contributed by atoms with Gasteiger partial charge in [0, 0.05) is 12.8 Å². The van der Waals surface area contributed by atoms with Crippen LogP contribution < -0.4 is 5.73 Å². The molecule has 0 spiro atoms. The summed E-state index contributed by atoms with van der Waals surface area (Å²) >= 11 is 0. The number of hydrogen-bond acceptors (Lipinski definition) is 3. The lowest BCUT2D eigenvalue weighted by Gasteiger charge is -2.28. The third-order valence-corrected chi connectivity index (χ3v) is 3.31. The summed E-state index contributed by atoms with van der Waals surface area (Å²) in [5, 5.41) is 9.14. The zero-order valence-electron chi connectivity index (χ0n) is 10.4. The minimum Gasteiger partial charge on any atom is -0.396 e. The monoisotopic (exact) mass is 224 g/mol. The van der Waals surface area contributed by atoms with Gasteiger partial charge in [-0.15, -0.1) is 0 Å². The molecule has 3 heteroatoms. The number of nitrogens with zero attached hydrogens (tertiary/aromatic N) is 1. The number of allylic oxidation sites excluding steroid dienone is 1. The summed E-state index contributed by atoms with van der Waals surface area (Å²) < 4.78 is 0. The fourth-order valence-corrected chi connectivity index (χ4v) is 2.11. The van der Waals surface area contributed by atoms with Crippen LogP contribution in [-0.2, 0) is 0 Å². The first-order valence-corrected chi connectivity index (χ1v) is 6.16. The number of aliphatic hydroxyl groups is 1. The first-order valence-electron chi connectivity index (χ1n) is 6.16. The lowest BCUT2D eigenvalue weighted by Crippen LogP contribution is -2.27. The molecule has 0 saturated heterocycles. The molecule has 3 atom stereocenters. The molecule has 1 aliphatic heterocycles. The highest BCUT2D eigenvalue weighted by Gasteiger charge is 2.29. The van der Waals surface area contributed by atoms with Gasteiger partial charge in [0.2, 0.25) is 0 Å². The Hall–Kier alpha value is -0.670. The van der Waals surface area contributed by atoms with E-state index in [9.17, 15) is 0 Å². The van der Waals surface area contributed by atoms with Crippen LogP contribution in [0.25, 0.3) is 0 Å². The SMILES string of the molecule is CC(CN)CCC1(CC(C)CO)C=CC=N1. The van der Waals surface area contributed by atoms with Crippen LogP contribution in [-0.4, -0.2) is 30.0 Å². The Kier molecular flexibility index (Phi) is 5.16. The van der Waals surface area contributed by atoms with Gasteiger partial charge in [-0.25, -0.2) is 0 Å². The summed E-state index contributed by atoms with van der Waals surface area (Å²) in [4.78, 5) is 4.57. The quantitative estimate of drug-likeness (QED) is 0.692. The molecule has 0 aliphatic carbocycles. The molecule has 0 aromatic rings. The van der Waals surface area contributed by atoms with Gasteiger partial charge in [0.1, 0.15) is 0 Å². The van der Waals surface area contributed by atoms with Crippen LogP contribution in [0.5, 0.6) is 0 Å². The van der Waals surface area contributed by atoms with Gasteiger partial charge in [-0.2, -0.15) is 0 Å². The van der Waals surface area contributed by atoms with E-state index in [-0.39, 0.29) is 12.1 Å². The summed E-state index contributed by atoms with van der Waals surface area (Å²) in [7, 11) is 0. The number of hydrogen-bond donors (Lipinski definition) is 2. The van der Waals surface area contributed by atoms with E-state index < -0.39 is 0 Å². The molecule has 0 radical (unpaired) electrons. The van der Waals surface area contributed by atoms with Crippen molar-refractivity contribution in [2.75, 3.05) is 13.2 Å². The fourth-order valence-electron chi connectivity index (χ4n) is 2.11. The van der Waals surface area contributed by atoms with Crippen molar-refractivity contribution in [1.82, 2.24) is 0 Å². The van der Waals surface area contributed by atoms with E-state index in [4.69, 9.17) is 10.8 Å². The van der Waals surface area contributed by atoms with Crippen molar-refractivity contribution in [2.24, 2.45) is 22.6 Å². The molecule has 92 valence electrons. The molecule has 3 nitrogen and oxygen atoms in total. The van der Waals surface area contributed by atoms with E-state index in [1.165, 1.54) is 0 Å². The molecule has 0 fully saturated rings. The fraction of sp³-hybridized carbons (Fsp3) is 0.769. The second-order valence-corrected chi connectivity index (χ2v) is 5.11. The standard InChI is InChI=1S/C13H24N2O/c1-11(9-14)4-6-13(5-3-7-15-13)8-12(2)10-16/h3,5,7,11-12,16H,4,6,8-10,14H2,1-2H3. The first-order chi connectivity index (χ1) is 7.62. The van der Waals surface area contributed by atoms with Crippen LogP contribution in [0.15, 0.2) is 17.1 Å². The second kappa shape index (κ2) is 6.16. The van der Waals surface area contributed by atoms with E-state index >= 15 is 0 Å². The van der Waals surface area contributed by atoms with Crippen LogP contribution in [0.2, 0.25) is 0 Å². The average molecular weight is 224 g/mol. The van der Waals surface area contributed by atoms with Crippen molar-refractivity contribution < 1.29 is 5.11 Å². The molecule has 0 bridgehead atoms. The summed E-state index contributed by atoms with van der Waals surface area (Å²) in [6.07, 6.45) is 9.10. The zero-order chi connectivity index (χ0) is 12.0. The van der Waals surface area contributed by atoms with Crippen molar-refractivity contribution in [3.8, 4) is 0 Å². The molecule has 3 N–H and O–H groups in total. The lowest BCUT2D eigenvalue weighted by atomic mass is 9.83. The molecular formula is C13H24N2O. The van der Waals surface area contributed by atoms with E-state index in [2.05, 4.69) is 24.9 Å². The van der Waals surface area contributed by atoms with Gasteiger partial charge in [-0.1, -0.05) is 19.9 Å². The minimum atomic E-state index is -0.0778. The number of rotatable bonds is 7. The number of aliphatic hydroxyl groups excluding tert-OH is 1. The predicted octanol–water partition coefficient (Wildman–Crippen LogP) is 1.76. The highest BCUT2D eigenvalue weighted by Crippen LogP contribution is 2.31. The van der Waals surface area contributed by atoms with Crippen molar-refractivity contribution in [3.63, 3.8) is 0 Å². The Morgan fingerprint density at radius 3 is 2.62 bits per heavy atom. The minimum absolute atomic E-state index is 0.0778. The second-order valence-electron chi connectivity index (χ2n) is 5.11. The van der Waals surface area contributed by atoms with Crippen molar-refractivity contribution in [1.29, 1.82) is 0 Å². The van der Waals surface area contributed by atoms with Crippen LogP contribution in [0, 0.1) is 11.8 Å². The predicted molar refractivity (Wildman–Crippen MR) is 68.7 cm³/mol. The van der Waals surface area contributed by atoms with Gasteiger partial charge in [0.25, 0.3) is 0 Å². The maximum atomic E-state index is 9.14. The largest absolute Gasteiger partial charge is 0.396 e. The van der Waals surface area contributed by atoms with Crippen LogP contribution in [0.3, 0.4) is 0 Å². The third kappa shape index (κ3) is 3.72. The van der Waals surface area contributed by atoms with Crippen molar-refractivity contribution in [3.05, 3.63) is 12.2 Å². The highest BCUT2D eigenvalue weighted by atomic mass is 16.3. The maximum absolute atomic E-state index is 9.14. The molecule has 1 aliphatic rings. The van der Waals surface area contributed by atoms with Crippen LogP contribution >= 0.6 is 0 Å². The topological polar surface area (TPSA) is 58.6 Å². The summed E-state index contributed by atoms with van der Waals surface area (Å²) in [6.45, 7) is 5.21. The maximum Gasteiger partial charge on any atom is 0.0794 e. The van der Waals surface area contributed by atoms with Gasteiger partial charge in [0.15, 0.2) is 0 Å². The van der Waals surface area contributed by atoms with Crippen molar-refractivity contribution >= 4 is 6.21 Å². The molecule has 3 unspecified atom stereocenters. The van der Waals surface area contributed by atoms with Gasteiger partial charge in [-0.05, 0) is 43.7 Å². The summed E-state index contributed by atoms with van der Waals surface area (Å²) in [5.74, 6) is 0.846. The molecule has 0 aromatic heterocycles. The molecule has 1 rings (SSSR count). The number of aliphatic imine (C=N–C) groups is 1. The summed E-state index contributed by atoms with van der Waals surface area (Å²) in [5.41, 5.74) is 5.55. The Balaban J connectivity index is 2.53. The van der Waals surface area contributed by atoms with Gasteiger partial charge >= 0.3 is 0 Å².